The first-order valence-electron chi connectivity index (χ1n) is 8.05. The Labute approximate surface area is 147 Å². The molecule has 0 aliphatic heterocycles. The number of Topliss-reactive ketones (excluding diaryl/α,β-unsaturated/α-hetero) is 1. The van der Waals surface area contributed by atoms with Gasteiger partial charge >= 0.3 is 11.9 Å². The zero-order chi connectivity index (χ0) is 18.8. The van der Waals surface area contributed by atoms with Crippen molar-refractivity contribution in [3.05, 3.63) is 41.5 Å². The molecule has 1 aliphatic carbocycles. The Balaban J connectivity index is 2.34. The molecule has 2 N–H and O–H groups in total. The van der Waals surface area contributed by atoms with Crippen molar-refractivity contribution in [3.63, 3.8) is 0 Å². The normalized spacial score (nSPS) is 22.6. The molecule has 2 rings (SSSR count). The van der Waals surface area contributed by atoms with Gasteiger partial charge in [0, 0.05) is 24.4 Å². The molecule has 0 spiro atoms. The Morgan fingerprint density at radius 1 is 1.16 bits per heavy atom. The third-order valence-corrected chi connectivity index (χ3v) is 4.22. The summed E-state index contributed by atoms with van der Waals surface area (Å²) < 4.78 is 11.0. The fraction of sp³-hybridized carbons (Fsp3) is 0.421. The average Bonchev–Trinajstić information content (AvgIpc) is 2.58. The van der Waals surface area contributed by atoms with Crippen LogP contribution in [0.2, 0.25) is 0 Å². The lowest BCUT2D eigenvalue weighted by Gasteiger charge is -2.35. The van der Waals surface area contributed by atoms with Crippen molar-refractivity contribution in [2.75, 3.05) is 5.73 Å². The van der Waals surface area contributed by atoms with Crippen LogP contribution in [0, 0.1) is 5.41 Å². The smallest absolute Gasteiger partial charge is 0.338 e. The summed E-state index contributed by atoms with van der Waals surface area (Å²) in [5, 5.41) is 0. The highest BCUT2D eigenvalue weighted by molar-refractivity contribution is 5.96. The van der Waals surface area contributed by atoms with Crippen LogP contribution in [0.4, 0.5) is 5.69 Å². The first-order chi connectivity index (χ1) is 11.6. The van der Waals surface area contributed by atoms with Gasteiger partial charge in [-0.2, -0.15) is 0 Å². The number of allylic oxidation sites excluding steroid dienone is 1. The lowest BCUT2D eigenvalue weighted by molar-refractivity contribution is -0.161. The van der Waals surface area contributed by atoms with Crippen LogP contribution < -0.4 is 5.73 Å². The molecule has 1 aromatic carbocycles. The molecule has 2 unspecified atom stereocenters. The first-order valence-corrected chi connectivity index (χ1v) is 8.05. The molecule has 0 aromatic heterocycles. The van der Waals surface area contributed by atoms with Crippen LogP contribution in [0.1, 0.15) is 44.5 Å². The van der Waals surface area contributed by atoms with E-state index in [1.807, 2.05) is 13.8 Å². The number of esters is 2. The number of carbonyl (C=O) groups is 3. The molecule has 2 atom stereocenters. The maximum atomic E-state index is 12.4. The van der Waals surface area contributed by atoms with Crippen molar-refractivity contribution in [1.29, 1.82) is 0 Å². The molecule has 6 heteroatoms. The van der Waals surface area contributed by atoms with Crippen LogP contribution in [-0.2, 0) is 19.1 Å². The van der Waals surface area contributed by atoms with Gasteiger partial charge < -0.3 is 15.2 Å². The van der Waals surface area contributed by atoms with Gasteiger partial charge in [0.25, 0.3) is 0 Å². The van der Waals surface area contributed by atoms with Crippen molar-refractivity contribution < 1.29 is 23.9 Å². The van der Waals surface area contributed by atoms with Gasteiger partial charge in [-0.05, 0) is 42.8 Å². The molecule has 0 heterocycles. The molecule has 6 nitrogen and oxygen atoms in total. The van der Waals surface area contributed by atoms with Gasteiger partial charge in [0.05, 0.1) is 5.56 Å². The van der Waals surface area contributed by atoms with Gasteiger partial charge in [0.2, 0.25) is 0 Å². The molecule has 0 radical (unpaired) electrons. The number of carbonyl (C=O) groups excluding carboxylic acids is 3. The van der Waals surface area contributed by atoms with Crippen molar-refractivity contribution in [1.82, 2.24) is 0 Å². The van der Waals surface area contributed by atoms with Crippen molar-refractivity contribution in [2.45, 2.75) is 46.3 Å². The quantitative estimate of drug-likeness (QED) is 0.668. The lowest BCUT2D eigenvalue weighted by Crippen LogP contribution is -2.43. The molecule has 134 valence electrons. The predicted molar refractivity (Wildman–Crippen MR) is 92.8 cm³/mol. The second-order valence-corrected chi connectivity index (χ2v) is 6.96. The molecular formula is C19H23NO5. The first kappa shape index (κ1) is 18.7. The monoisotopic (exact) mass is 345 g/mol. The Kier molecular flexibility index (Phi) is 5.30. The van der Waals surface area contributed by atoms with Crippen molar-refractivity contribution >= 4 is 23.4 Å². The molecular weight excluding hydrogens is 322 g/mol. The van der Waals surface area contributed by atoms with Crippen LogP contribution in [0.25, 0.3) is 0 Å². The number of rotatable bonds is 3. The molecule has 0 amide bonds. The van der Waals surface area contributed by atoms with Crippen molar-refractivity contribution in [3.8, 4) is 0 Å². The van der Waals surface area contributed by atoms with E-state index in [-0.39, 0.29) is 12.2 Å². The standard InChI is InChI=1S/C19H23NO5/c1-11-9-16(25-18(23)13-5-7-14(20)8-6-13)17(24-12(2)21)19(3,4)10-15(11)22/h5-9,16-17H,10,20H2,1-4H3. The van der Waals surface area contributed by atoms with E-state index >= 15 is 0 Å². The van der Waals surface area contributed by atoms with E-state index < -0.39 is 29.6 Å². The summed E-state index contributed by atoms with van der Waals surface area (Å²) in [5.41, 5.74) is 6.29. The minimum Gasteiger partial charge on any atom is -0.458 e. The number of nitrogens with two attached hydrogens (primary N) is 1. The Morgan fingerprint density at radius 2 is 1.76 bits per heavy atom. The third kappa shape index (κ3) is 4.47. The molecule has 0 saturated heterocycles. The molecule has 0 saturated carbocycles. The number of nitrogen functional groups attached to an aromatic ring is 1. The number of ether oxygens (including phenoxy) is 2. The van der Waals surface area contributed by atoms with Gasteiger partial charge in [-0.1, -0.05) is 13.8 Å². The summed E-state index contributed by atoms with van der Waals surface area (Å²) in [7, 11) is 0. The van der Waals surface area contributed by atoms with Crippen LogP contribution in [0.5, 0.6) is 0 Å². The molecule has 0 fully saturated rings. The number of benzene rings is 1. The van der Waals surface area contributed by atoms with Gasteiger partial charge in [0.15, 0.2) is 11.9 Å². The van der Waals surface area contributed by atoms with E-state index in [1.165, 1.54) is 6.92 Å². The molecule has 1 aromatic rings. The number of ketones is 1. The van der Waals surface area contributed by atoms with Crippen LogP contribution in [0.15, 0.2) is 35.9 Å². The van der Waals surface area contributed by atoms with E-state index in [9.17, 15) is 14.4 Å². The summed E-state index contributed by atoms with van der Waals surface area (Å²) in [4.78, 5) is 36.2. The van der Waals surface area contributed by atoms with Gasteiger partial charge in [-0.3, -0.25) is 9.59 Å². The summed E-state index contributed by atoms with van der Waals surface area (Å²) in [6.45, 7) is 6.58. The molecule has 25 heavy (non-hydrogen) atoms. The maximum absolute atomic E-state index is 12.4. The zero-order valence-electron chi connectivity index (χ0n) is 14.9. The summed E-state index contributed by atoms with van der Waals surface area (Å²) in [6.07, 6.45) is 0.142. The SMILES string of the molecule is CC(=O)OC1C(OC(=O)c2ccc(N)cc2)C=C(C)C(=O)CC1(C)C. The molecule has 1 aliphatic rings. The maximum Gasteiger partial charge on any atom is 0.338 e. The summed E-state index contributed by atoms with van der Waals surface area (Å²) >= 11 is 0. The number of anilines is 1. The van der Waals surface area contributed by atoms with E-state index in [4.69, 9.17) is 15.2 Å². The minimum atomic E-state index is -0.851. The molecule has 0 bridgehead atoms. The topological polar surface area (TPSA) is 95.7 Å². The Morgan fingerprint density at radius 3 is 2.32 bits per heavy atom. The Hall–Kier alpha value is -2.63. The highest BCUT2D eigenvalue weighted by Crippen LogP contribution is 2.36. The second-order valence-electron chi connectivity index (χ2n) is 6.96. The lowest BCUT2D eigenvalue weighted by atomic mass is 9.80. The summed E-state index contributed by atoms with van der Waals surface area (Å²) in [6, 6.07) is 6.31. The van der Waals surface area contributed by atoms with E-state index in [0.717, 1.165) is 0 Å². The van der Waals surface area contributed by atoms with Crippen LogP contribution in [-0.4, -0.2) is 29.9 Å². The fourth-order valence-corrected chi connectivity index (χ4v) is 2.84. The van der Waals surface area contributed by atoms with Crippen LogP contribution in [0.3, 0.4) is 0 Å². The van der Waals surface area contributed by atoms with Gasteiger partial charge in [0.1, 0.15) is 6.10 Å². The van der Waals surface area contributed by atoms with E-state index in [0.29, 0.717) is 16.8 Å². The average molecular weight is 345 g/mol. The Bertz CT molecular complexity index is 718. The van der Waals surface area contributed by atoms with Gasteiger partial charge in [-0.15, -0.1) is 0 Å². The largest absolute Gasteiger partial charge is 0.458 e. The number of hydrogen-bond donors (Lipinski definition) is 1. The highest BCUT2D eigenvalue weighted by Gasteiger charge is 2.43. The van der Waals surface area contributed by atoms with Gasteiger partial charge in [-0.25, -0.2) is 4.79 Å². The van der Waals surface area contributed by atoms with Crippen molar-refractivity contribution in [2.24, 2.45) is 5.41 Å². The summed E-state index contributed by atoms with van der Waals surface area (Å²) in [5.74, 6) is -1.13. The zero-order valence-corrected chi connectivity index (χ0v) is 14.9. The van der Waals surface area contributed by atoms with E-state index in [2.05, 4.69) is 0 Å². The number of hydrogen-bond acceptors (Lipinski definition) is 6. The van der Waals surface area contributed by atoms with Crippen LogP contribution >= 0.6 is 0 Å². The predicted octanol–water partition coefficient (Wildman–Crippen LogP) is 2.67. The minimum absolute atomic E-state index is 0.0619. The van der Waals surface area contributed by atoms with E-state index in [1.54, 1.807) is 37.3 Å². The fourth-order valence-electron chi connectivity index (χ4n) is 2.84. The third-order valence-electron chi connectivity index (χ3n) is 4.22. The second kappa shape index (κ2) is 7.09. The highest BCUT2D eigenvalue weighted by atomic mass is 16.6.